The summed E-state index contributed by atoms with van der Waals surface area (Å²) < 4.78 is 37.9. The van der Waals surface area contributed by atoms with E-state index in [9.17, 15) is 0 Å². The first kappa shape index (κ1) is 71.7. The third-order valence-electron chi connectivity index (χ3n) is 15.6. The minimum absolute atomic E-state index is 0.124. The van der Waals surface area contributed by atoms with Gasteiger partial charge in [0.25, 0.3) is 0 Å². The van der Waals surface area contributed by atoms with Gasteiger partial charge in [-0.2, -0.15) is 21.1 Å². The molecule has 30 heteroatoms. The van der Waals surface area contributed by atoms with E-state index in [2.05, 4.69) is 71.6 Å². The van der Waals surface area contributed by atoms with Gasteiger partial charge < -0.3 is 86.7 Å². The smallest absolute Gasteiger partial charge is 0.248 e. The van der Waals surface area contributed by atoms with Crippen molar-refractivity contribution in [2.45, 2.75) is 6.92 Å². The van der Waals surface area contributed by atoms with E-state index < -0.39 is 0 Å². The lowest BCUT2D eigenvalue weighted by Gasteiger charge is -2.21. The maximum absolute atomic E-state index is 9.11. The second-order valence-corrected chi connectivity index (χ2v) is 22.1. The van der Waals surface area contributed by atoms with Crippen LogP contribution in [0, 0.1) is 29.1 Å². The number of amidine groups is 1. The van der Waals surface area contributed by atoms with E-state index in [0.717, 1.165) is 66.6 Å². The highest BCUT2D eigenvalue weighted by Gasteiger charge is 2.20. The molecule has 522 valence electrons. The quantitative estimate of drug-likeness (QED) is 0.0217. The molecule has 13 rings (SSSR count). The van der Waals surface area contributed by atoms with Crippen LogP contribution in [0.15, 0.2) is 173 Å². The summed E-state index contributed by atoms with van der Waals surface area (Å²) in [4.78, 5) is 40.9. The van der Waals surface area contributed by atoms with Crippen molar-refractivity contribution in [3.05, 3.63) is 192 Å². The number of ether oxygens (including phenoxy) is 6. The minimum Gasteiger partial charge on any atom is -0.493 e. The molecule has 0 saturated heterocycles. The number of hydrogen-bond donors (Lipinski definition) is 10. The van der Waals surface area contributed by atoms with Crippen molar-refractivity contribution in [1.82, 2.24) is 45.1 Å². The van der Waals surface area contributed by atoms with Gasteiger partial charge >= 0.3 is 0 Å². The average Bonchev–Trinajstić information content (AvgIpc) is 1.22. The van der Waals surface area contributed by atoms with Crippen LogP contribution in [0.25, 0.3) is 66.5 Å². The molecule has 15 N–H and O–H groups in total. The Morgan fingerprint density at radius 3 is 1.61 bits per heavy atom. The maximum Gasteiger partial charge on any atom is 0.248 e. The first-order chi connectivity index (χ1) is 49.8. The fraction of sp³-hybridized carbons (Fsp3) is 0.137. The van der Waals surface area contributed by atoms with Gasteiger partial charge in [0, 0.05) is 87.6 Å². The van der Waals surface area contributed by atoms with Gasteiger partial charge in [0.05, 0.1) is 94.2 Å². The van der Waals surface area contributed by atoms with Crippen molar-refractivity contribution in [2.75, 3.05) is 96.1 Å². The van der Waals surface area contributed by atoms with Gasteiger partial charge in [0.15, 0.2) is 34.5 Å². The zero-order valence-corrected chi connectivity index (χ0v) is 57.3. The molecule has 0 bridgehead atoms. The van der Waals surface area contributed by atoms with Crippen molar-refractivity contribution in [3.8, 4) is 63.5 Å². The third kappa shape index (κ3) is 16.6. The zero-order chi connectivity index (χ0) is 73.4. The second kappa shape index (κ2) is 32.5. The lowest BCUT2D eigenvalue weighted by molar-refractivity contribution is 0.319. The van der Waals surface area contributed by atoms with Crippen LogP contribution in [0.5, 0.6) is 34.5 Å². The highest BCUT2D eigenvalue weighted by atomic mass is 16.6. The number of hydrogen-bond acceptors (Lipinski definition) is 29. The number of aromatic nitrogens is 9. The maximum atomic E-state index is 9.11. The molecular formula is C73H71N21O9. The van der Waals surface area contributed by atoms with Crippen molar-refractivity contribution in [1.29, 1.82) is 16.1 Å². The molecule has 0 aliphatic rings. The van der Waals surface area contributed by atoms with Gasteiger partial charge in [-0.25, -0.2) is 24.9 Å². The Morgan fingerprint density at radius 2 is 1.07 bits per heavy atom. The average molecular weight is 1390 g/mol. The van der Waals surface area contributed by atoms with Gasteiger partial charge in [0.1, 0.15) is 34.9 Å². The number of nitrogens with one attached hydrogen (secondary N) is 4. The van der Waals surface area contributed by atoms with Crippen LogP contribution in [-0.2, 0) is 4.84 Å². The van der Waals surface area contributed by atoms with Crippen molar-refractivity contribution in [3.63, 3.8) is 0 Å². The number of nitriles is 1. The number of para-hydroxylation sites is 1. The number of fused-ring (bicyclic) bond motifs is 4. The molecule has 0 unspecified atom stereocenters. The number of nitrogens with two attached hydrogens (primary N) is 5. The Bertz CT molecular complexity index is 5350. The summed E-state index contributed by atoms with van der Waals surface area (Å²) >= 11 is 0. The number of anilines is 9. The monoisotopic (exact) mass is 1390 g/mol. The molecule has 5 heterocycles. The zero-order valence-electron chi connectivity index (χ0n) is 57.3. The van der Waals surface area contributed by atoms with Gasteiger partial charge in [-0.05, 0) is 110 Å². The summed E-state index contributed by atoms with van der Waals surface area (Å²) in [5, 5.41) is 51.3. The van der Waals surface area contributed by atoms with Crippen molar-refractivity contribution >= 4 is 113 Å². The molecule has 0 radical (unpaired) electrons. The van der Waals surface area contributed by atoms with E-state index >= 15 is 0 Å². The van der Waals surface area contributed by atoms with Gasteiger partial charge in [-0.3, -0.25) is 10.4 Å². The van der Waals surface area contributed by atoms with Crippen LogP contribution in [0.3, 0.4) is 0 Å². The molecule has 0 saturated carbocycles. The highest BCUT2D eigenvalue weighted by molar-refractivity contribution is 6.01. The lowest BCUT2D eigenvalue weighted by atomic mass is 10.1. The van der Waals surface area contributed by atoms with Crippen molar-refractivity contribution in [2.24, 2.45) is 16.6 Å². The van der Waals surface area contributed by atoms with E-state index in [0.29, 0.717) is 109 Å². The SMILES string of the molecule is CN=C(N)c1cccc(Nc2nc(N)nc3cc(OC)c(OC)cc23)c1.COc1cc2nc(C)nc(N(C)c3ccc(C(=N)CO)cc3)c2cc1OC.COc1cc2nc(N)nc(Nc3cccc(C#N)c3)c2cc1OC.N=C(ON)c1ccc(-c2nnc(-c3cc(N)nc4ccccc34)o2)cc1. The Labute approximate surface area is 589 Å². The first-order valence-electron chi connectivity index (χ1n) is 31.1. The van der Waals surface area contributed by atoms with E-state index in [4.69, 9.17) is 82.9 Å². The fourth-order valence-electron chi connectivity index (χ4n) is 10.5. The summed E-state index contributed by atoms with van der Waals surface area (Å²) in [6.07, 6.45) is 0. The number of pyridine rings is 1. The molecule has 103 heavy (non-hydrogen) atoms. The molecule has 13 aromatic rings. The summed E-state index contributed by atoms with van der Waals surface area (Å²) in [5.41, 5.74) is 32.9. The Kier molecular flexibility index (Phi) is 22.7. The van der Waals surface area contributed by atoms with Crippen LogP contribution >= 0.6 is 0 Å². The molecule has 0 fully saturated rings. The molecule has 5 aromatic heterocycles. The fourth-order valence-corrected chi connectivity index (χ4v) is 10.5. The summed E-state index contributed by atoms with van der Waals surface area (Å²) in [7, 11) is 13.0. The third-order valence-corrected chi connectivity index (χ3v) is 15.6. The van der Waals surface area contributed by atoms with Crippen LogP contribution in [0.4, 0.5) is 52.2 Å². The molecule has 30 nitrogen and oxygen atoms in total. The number of aliphatic imine (C=N–C) groups is 1. The second-order valence-electron chi connectivity index (χ2n) is 22.1. The number of nitrogens with zero attached hydrogens (tertiary/aromatic N) is 12. The Balaban J connectivity index is 0.000000148. The largest absolute Gasteiger partial charge is 0.493 e. The number of benzene rings is 8. The Morgan fingerprint density at radius 1 is 0.553 bits per heavy atom. The normalized spacial score (nSPS) is 10.8. The standard InChI is InChI=1S/C20H22N4O3.C18H14N6O2.C18H20N6O2.C17H15N5O2/c1-12-22-17-10-19(27-4)18(26-3)9-15(17)20(23-12)24(2)14-7-5-13(6-8-14)16(21)11-25;19-15-9-13(12-3-1-2-4-14(12)22-15)18-24-23-17(25-18)11-7-5-10(6-8-11)16(20)26-21;1-21-16(19)10-5-4-6-11(7-10)22-17-12-8-14(25-2)15(26-3)9-13(12)23-18(20)24-17;1-23-14-7-12-13(8-15(14)24-2)21-17(19)22-16(12)20-11-5-3-4-10(6-11)9-18/h5-10,21,25H,11H2,1-4H3;1-9,20H,21H2,(H2,19,22);4-9H,1-3H3,(H2,19,21)(H3,20,22,23,24);3-8H,1-2H3,(H3,19,20,21,22). The number of aryl methyl sites for hydroxylation is 1. The highest BCUT2D eigenvalue weighted by Crippen LogP contribution is 2.40. The molecule has 0 aliphatic heterocycles. The van der Waals surface area contributed by atoms with Gasteiger partial charge in [-0.15, -0.1) is 10.2 Å². The number of aliphatic hydroxyl groups is 1. The number of nitrogen functional groups attached to an aromatic ring is 3. The van der Waals surface area contributed by atoms with Gasteiger partial charge in [-0.1, -0.05) is 48.5 Å². The number of rotatable bonds is 18. The number of aliphatic hydroxyl groups excluding tert-OH is 1. The van der Waals surface area contributed by atoms with E-state index in [1.54, 1.807) is 116 Å². The molecule has 0 spiro atoms. The van der Waals surface area contributed by atoms with Crippen LogP contribution in [0.1, 0.15) is 28.1 Å². The van der Waals surface area contributed by atoms with Crippen molar-refractivity contribution < 1.29 is 42.8 Å². The summed E-state index contributed by atoms with van der Waals surface area (Å²) in [6.45, 7) is 1.56. The summed E-state index contributed by atoms with van der Waals surface area (Å²) in [6, 6.07) is 51.1. The first-order valence-corrected chi connectivity index (χ1v) is 31.1. The Hall–Kier alpha value is -14.1. The molecular weight excluding hydrogens is 1310 g/mol. The van der Waals surface area contributed by atoms with E-state index in [1.165, 1.54) is 0 Å². The molecule has 0 amide bonds. The predicted molar refractivity (Wildman–Crippen MR) is 398 cm³/mol. The minimum atomic E-state index is -0.285. The van der Waals surface area contributed by atoms with E-state index in [-0.39, 0.29) is 30.1 Å². The van der Waals surface area contributed by atoms with Crippen LogP contribution in [-0.4, -0.2) is 131 Å². The van der Waals surface area contributed by atoms with E-state index in [1.807, 2.05) is 116 Å². The predicted octanol–water partition coefficient (Wildman–Crippen LogP) is 11.0. The number of methoxy groups -OCH3 is 6. The molecule has 8 aromatic carbocycles. The molecule has 0 aliphatic carbocycles. The topological polar surface area (TPSA) is 455 Å². The summed E-state index contributed by atoms with van der Waals surface area (Å²) in [5.74, 6) is 12.6. The lowest BCUT2D eigenvalue weighted by Crippen LogP contribution is -2.13. The van der Waals surface area contributed by atoms with Crippen LogP contribution < -0.4 is 72.8 Å². The molecule has 0 atom stereocenters. The van der Waals surface area contributed by atoms with Crippen LogP contribution in [0.2, 0.25) is 0 Å². The van der Waals surface area contributed by atoms with Gasteiger partial charge in [0.2, 0.25) is 29.6 Å².